The van der Waals surface area contributed by atoms with Crippen molar-refractivity contribution in [3.05, 3.63) is 222 Å². The van der Waals surface area contributed by atoms with Crippen LogP contribution in [-0.2, 0) is 0 Å². The number of nitriles is 2. The highest BCUT2D eigenvalue weighted by atomic mass is 15.2. The Balaban J connectivity index is 1.02. The lowest BCUT2D eigenvalue weighted by Gasteiger charge is -2.24. The molecule has 0 radical (unpaired) electrons. The number of aliphatic imine (C=N–C) groups is 2. The summed E-state index contributed by atoms with van der Waals surface area (Å²) in [5.74, 6) is 2.90. The Hall–Kier alpha value is -8.85. The molecule has 0 spiro atoms. The van der Waals surface area contributed by atoms with Crippen LogP contribution in [0.15, 0.2) is 204 Å². The molecule has 1 aliphatic rings. The molecule has 0 aliphatic carbocycles. The van der Waals surface area contributed by atoms with E-state index in [2.05, 4.69) is 29.6 Å². The summed E-state index contributed by atoms with van der Waals surface area (Å²) in [5.41, 5.74) is 9.53. The summed E-state index contributed by atoms with van der Waals surface area (Å²) in [6.07, 6.45) is -0.474. The molecule has 8 nitrogen and oxygen atoms in total. The highest BCUT2D eigenvalue weighted by Gasteiger charge is 2.23. The fraction of sp³-hybridized carbons (Fsp3) is 0.0185. The number of hydrogen-bond acceptors (Lipinski definition) is 8. The first-order chi connectivity index (χ1) is 30.6. The Bertz CT molecular complexity index is 3220. The van der Waals surface area contributed by atoms with E-state index in [1.54, 1.807) is 0 Å². The first-order valence-corrected chi connectivity index (χ1v) is 20.2. The summed E-state index contributed by atoms with van der Waals surface area (Å²) in [5, 5.41) is 26.7. The average Bonchev–Trinajstić information content (AvgIpc) is 3.36. The maximum absolute atomic E-state index is 10.6. The van der Waals surface area contributed by atoms with Gasteiger partial charge in [0.15, 0.2) is 23.3 Å². The summed E-state index contributed by atoms with van der Waals surface area (Å²) in [4.78, 5) is 24.5. The van der Waals surface area contributed by atoms with E-state index in [9.17, 15) is 10.5 Å². The van der Waals surface area contributed by atoms with Crippen LogP contribution in [-0.4, -0.2) is 26.6 Å². The number of rotatable bonds is 8. The van der Waals surface area contributed by atoms with E-state index in [1.165, 1.54) is 0 Å². The highest BCUT2D eigenvalue weighted by molar-refractivity contribution is 6.13. The van der Waals surface area contributed by atoms with Crippen LogP contribution in [0.1, 0.15) is 34.0 Å². The Morgan fingerprint density at radius 2 is 0.871 bits per heavy atom. The van der Waals surface area contributed by atoms with Gasteiger partial charge >= 0.3 is 0 Å². The molecule has 2 heterocycles. The lowest BCUT2D eigenvalue weighted by molar-refractivity contribution is 0.674. The normalized spacial score (nSPS) is 13.3. The predicted octanol–water partition coefficient (Wildman–Crippen LogP) is 11.6. The van der Waals surface area contributed by atoms with E-state index in [4.69, 9.17) is 24.9 Å². The van der Waals surface area contributed by atoms with E-state index in [1.807, 2.05) is 182 Å². The van der Waals surface area contributed by atoms with Crippen LogP contribution in [0.3, 0.4) is 0 Å². The predicted molar refractivity (Wildman–Crippen MR) is 246 cm³/mol. The average molecular weight is 795 g/mol. The van der Waals surface area contributed by atoms with E-state index >= 15 is 0 Å². The first-order valence-electron chi connectivity index (χ1n) is 20.2. The van der Waals surface area contributed by atoms with Crippen molar-refractivity contribution in [3.63, 3.8) is 0 Å². The number of benzene rings is 8. The van der Waals surface area contributed by atoms with Crippen molar-refractivity contribution >= 4 is 22.4 Å². The molecule has 0 saturated heterocycles. The van der Waals surface area contributed by atoms with Crippen LogP contribution in [0.5, 0.6) is 0 Å². The molecule has 0 bridgehead atoms. The molecule has 10 rings (SSSR count). The molecule has 1 aliphatic heterocycles. The number of fused-ring (bicyclic) bond motifs is 1. The topological polar surface area (TPSA) is 123 Å². The van der Waals surface area contributed by atoms with Gasteiger partial charge in [-0.25, -0.2) is 24.9 Å². The quantitative estimate of drug-likeness (QED) is 0.163. The van der Waals surface area contributed by atoms with Crippen molar-refractivity contribution in [1.82, 2.24) is 20.3 Å². The molecule has 0 fully saturated rings. The summed E-state index contributed by atoms with van der Waals surface area (Å²) in [6, 6.07) is 68.4. The standard InChI is InChI=1S/C54H34N8/c55-33-41-31-39(53-59-49(35-15-5-1-6-16-35)57-50(60-53)36-17-7-2-8-18-36)27-29-43(41)45-23-13-26-48-46(24-14-25-47(45)48)44-30-28-40(32-42(44)34-56)54-61-51(37-19-9-3-10-20-37)58-52(62-54)38-21-11-4-12-22-38/h1-32,53H,(H,57,59,60). The third-order valence-electron chi connectivity index (χ3n) is 10.9. The second-order valence-electron chi connectivity index (χ2n) is 14.7. The van der Waals surface area contributed by atoms with Crippen LogP contribution in [0, 0.1) is 22.7 Å². The van der Waals surface area contributed by atoms with Gasteiger partial charge in [0, 0.05) is 38.9 Å². The zero-order chi connectivity index (χ0) is 41.8. The molecule has 8 heteroatoms. The van der Waals surface area contributed by atoms with Crippen LogP contribution in [0.4, 0.5) is 0 Å². The zero-order valence-corrected chi connectivity index (χ0v) is 33.2. The largest absolute Gasteiger partial charge is 0.344 e. The lowest BCUT2D eigenvalue weighted by atomic mass is 9.89. The van der Waals surface area contributed by atoms with Gasteiger partial charge in [-0.05, 0) is 39.6 Å². The molecule has 1 atom stereocenters. The minimum Gasteiger partial charge on any atom is -0.344 e. The number of aromatic nitrogens is 3. The summed E-state index contributed by atoms with van der Waals surface area (Å²) in [7, 11) is 0. The third kappa shape index (κ3) is 7.26. The van der Waals surface area contributed by atoms with Gasteiger partial charge in [-0.3, -0.25) is 0 Å². The van der Waals surface area contributed by atoms with Crippen molar-refractivity contribution in [2.75, 3.05) is 0 Å². The first kappa shape index (κ1) is 37.4. The van der Waals surface area contributed by atoms with E-state index < -0.39 is 6.17 Å². The van der Waals surface area contributed by atoms with Crippen molar-refractivity contribution in [1.29, 1.82) is 10.5 Å². The number of nitrogens with zero attached hydrogens (tertiary/aromatic N) is 7. The van der Waals surface area contributed by atoms with E-state index in [-0.39, 0.29) is 0 Å². The monoisotopic (exact) mass is 794 g/mol. The molecular formula is C54H34N8. The molecular weight excluding hydrogens is 761 g/mol. The summed E-state index contributed by atoms with van der Waals surface area (Å²) in [6.45, 7) is 0. The molecule has 0 amide bonds. The van der Waals surface area contributed by atoms with Crippen LogP contribution in [0.25, 0.3) is 67.2 Å². The van der Waals surface area contributed by atoms with Gasteiger partial charge < -0.3 is 5.32 Å². The molecule has 9 aromatic rings. The van der Waals surface area contributed by atoms with Crippen LogP contribution in [0.2, 0.25) is 0 Å². The molecule has 8 aromatic carbocycles. The van der Waals surface area contributed by atoms with Crippen molar-refractivity contribution in [2.24, 2.45) is 9.98 Å². The molecule has 1 N–H and O–H groups in total. The van der Waals surface area contributed by atoms with Gasteiger partial charge in [0.25, 0.3) is 0 Å². The van der Waals surface area contributed by atoms with Gasteiger partial charge in [0.1, 0.15) is 12.0 Å². The van der Waals surface area contributed by atoms with Crippen LogP contribution < -0.4 is 5.32 Å². The Morgan fingerprint density at radius 1 is 0.403 bits per heavy atom. The lowest BCUT2D eigenvalue weighted by Crippen LogP contribution is -2.33. The molecule has 0 saturated carbocycles. The molecule has 62 heavy (non-hydrogen) atoms. The van der Waals surface area contributed by atoms with Crippen molar-refractivity contribution in [3.8, 4) is 68.6 Å². The number of hydrogen-bond donors (Lipinski definition) is 1. The molecule has 1 aromatic heterocycles. The molecule has 290 valence electrons. The highest BCUT2D eigenvalue weighted by Crippen LogP contribution is 2.39. The minimum atomic E-state index is -0.474. The van der Waals surface area contributed by atoms with E-state index in [0.29, 0.717) is 45.8 Å². The van der Waals surface area contributed by atoms with Gasteiger partial charge in [0.2, 0.25) is 0 Å². The number of nitrogens with one attached hydrogen (secondary N) is 1. The van der Waals surface area contributed by atoms with Gasteiger partial charge in [-0.15, -0.1) is 0 Å². The van der Waals surface area contributed by atoms with Gasteiger partial charge in [0.05, 0.1) is 23.3 Å². The Kier molecular flexibility index (Phi) is 9.91. The Morgan fingerprint density at radius 3 is 1.40 bits per heavy atom. The second-order valence-corrected chi connectivity index (χ2v) is 14.7. The Labute approximate surface area is 358 Å². The fourth-order valence-electron chi connectivity index (χ4n) is 7.87. The van der Waals surface area contributed by atoms with Gasteiger partial charge in [-0.1, -0.05) is 182 Å². The number of amidine groups is 2. The smallest absolute Gasteiger partial charge is 0.164 e. The van der Waals surface area contributed by atoms with Crippen molar-refractivity contribution in [2.45, 2.75) is 6.17 Å². The minimum absolute atomic E-state index is 0.474. The second kappa shape index (κ2) is 16.4. The maximum Gasteiger partial charge on any atom is 0.164 e. The van der Waals surface area contributed by atoms with Crippen molar-refractivity contribution < 1.29 is 0 Å². The third-order valence-corrected chi connectivity index (χ3v) is 10.9. The maximum atomic E-state index is 10.6. The fourth-order valence-corrected chi connectivity index (χ4v) is 7.87. The van der Waals surface area contributed by atoms with Gasteiger partial charge in [-0.2, -0.15) is 10.5 Å². The van der Waals surface area contributed by atoms with Crippen LogP contribution >= 0.6 is 0 Å². The summed E-state index contributed by atoms with van der Waals surface area (Å²) >= 11 is 0. The van der Waals surface area contributed by atoms with E-state index in [0.717, 1.165) is 60.8 Å². The zero-order valence-electron chi connectivity index (χ0n) is 33.2. The molecule has 1 unspecified atom stereocenters. The summed E-state index contributed by atoms with van der Waals surface area (Å²) < 4.78 is 0. The SMILES string of the molecule is N#Cc1cc(-c2nc(-c3ccccc3)nc(-c3ccccc3)n2)ccc1-c1cccc2c(-c3ccc(C4N=C(c5ccccc5)N=C(c5ccccc5)N4)cc3C#N)cccc12.